The van der Waals surface area contributed by atoms with Crippen molar-refractivity contribution in [3.63, 3.8) is 0 Å². The van der Waals surface area contributed by atoms with Crippen LogP contribution in [0.1, 0.15) is 31.2 Å². The van der Waals surface area contributed by atoms with E-state index in [-0.39, 0.29) is 12.3 Å². The Balaban J connectivity index is 2.23. The van der Waals surface area contributed by atoms with Crippen LogP contribution < -0.4 is 5.32 Å². The van der Waals surface area contributed by atoms with Crippen LogP contribution in [-0.2, 0) is 15.0 Å². The summed E-state index contributed by atoms with van der Waals surface area (Å²) in [6.07, 6.45) is 7.40. The van der Waals surface area contributed by atoms with Crippen molar-refractivity contribution in [1.82, 2.24) is 5.32 Å². The molecule has 0 aromatic heterocycles. The molecule has 1 aromatic carbocycles. The Bertz CT molecular complexity index is 602. The Kier molecular flexibility index (Phi) is 4.54. The number of terminal acetylenes is 1. The molecule has 0 spiro atoms. The minimum atomic E-state index is -1.12. The van der Waals surface area contributed by atoms with E-state index in [2.05, 4.69) is 11.2 Å². The zero-order chi connectivity index (χ0) is 15.5. The topological polar surface area (TPSA) is 66.4 Å². The lowest BCUT2D eigenvalue weighted by Gasteiger charge is -2.41. The average Bonchev–Trinajstić information content (AvgIpc) is 2.37. The number of hydrogen-bond donors (Lipinski definition) is 2. The highest BCUT2D eigenvalue weighted by atomic mass is 35.5. The van der Waals surface area contributed by atoms with E-state index in [1.54, 1.807) is 18.2 Å². The minimum Gasteiger partial charge on any atom is -0.480 e. The third-order valence-electron chi connectivity index (χ3n) is 3.94. The molecule has 4 nitrogen and oxygen atoms in total. The minimum absolute atomic E-state index is 0.0350. The van der Waals surface area contributed by atoms with Crippen LogP contribution in [0.3, 0.4) is 0 Å². The summed E-state index contributed by atoms with van der Waals surface area (Å²) in [6.45, 7) is 0. The summed E-state index contributed by atoms with van der Waals surface area (Å²) in [6, 6.07) is 6.09. The van der Waals surface area contributed by atoms with E-state index in [1.807, 2.05) is 6.07 Å². The number of benzene rings is 1. The van der Waals surface area contributed by atoms with E-state index in [1.165, 1.54) is 0 Å². The van der Waals surface area contributed by atoms with Gasteiger partial charge in [0.1, 0.15) is 6.04 Å². The van der Waals surface area contributed by atoms with Crippen molar-refractivity contribution in [2.45, 2.75) is 37.1 Å². The molecule has 1 fully saturated rings. The van der Waals surface area contributed by atoms with Gasteiger partial charge in [-0.3, -0.25) is 4.79 Å². The van der Waals surface area contributed by atoms with Crippen LogP contribution >= 0.6 is 11.6 Å². The SMILES string of the molecule is C#CCC(NC(=O)C1(c2cccc(Cl)c2)CCC1)C(=O)O. The number of carbonyl (C=O) groups excluding carboxylic acids is 1. The van der Waals surface area contributed by atoms with Gasteiger partial charge in [0, 0.05) is 11.4 Å². The maximum atomic E-state index is 12.6. The fourth-order valence-corrected chi connectivity index (χ4v) is 2.77. The van der Waals surface area contributed by atoms with Gasteiger partial charge in [-0.15, -0.1) is 12.3 Å². The van der Waals surface area contributed by atoms with E-state index in [9.17, 15) is 9.59 Å². The summed E-state index contributed by atoms with van der Waals surface area (Å²) in [5.41, 5.74) is 0.135. The van der Waals surface area contributed by atoms with Gasteiger partial charge >= 0.3 is 5.97 Å². The highest BCUT2D eigenvalue weighted by Crippen LogP contribution is 2.44. The molecule has 21 heavy (non-hydrogen) atoms. The molecule has 0 aliphatic heterocycles. The molecule has 0 bridgehead atoms. The van der Waals surface area contributed by atoms with Gasteiger partial charge < -0.3 is 10.4 Å². The van der Waals surface area contributed by atoms with E-state index in [4.69, 9.17) is 23.1 Å². The molecular weight excluding hydrogens is 290 g/mol. The van der Waals surface area contributed by atoms with E-state index in [0.717, 1.165) is 12.0 Å². The second-order valence-corrected chi connectivity index (χ2v) is 5.65. The molecule has 0 heterocycles. The van der Waals surface area contributed by atoms with Gasteiger partial charge in [-0.2, -0.15) is 0 Å². The van der Waals surface area contributed by atoms with Crippen LogP contribution in [-0.4, -0.2) is 23.0 Å². The van der Waals surface area contributed by atoms with Crippen LogP contribution in [0, 0.1) is 12.3 Å². The molecule has 1 aliphatic rings. The summed E-state index contributed by atoms with van der Waals surface area (Å²) in [5.74, 6) is 0.858. The van der Waals surface area contributed by atoms with Crippen LogP contribution in [0.5, 0.6) is 0 Å². The quantitative estimate of drug-likeness (QED) is 0.821. The number of carbonyl (C=O) groups is 2. The number of hydrogen-bond acceptors (Lipinski definition) is 2. The second kappa shape index (κ2) is 6.19. The zero-order valence-corrected chi connectivity index (χ0v) is 12.2. The molecule has 0 saturated heterocycles. The largest absolute Gasteiger partial charge is 0.480 e. The van der Waals surface area contributed by atoms with Crippen LogP contribution in [0.2, 0.25) is 5.02 Å². The molecule has 1 saturated carbocycles. The van der Waals surface area contributed by atoms with Crippen LogP contribution in [0.25, 0.3) is 0 Å². The molecule has 1 atom stereocenters. The number of halogens is 1. The van der Waals surface area contributed by atoms with Crippen molar-refractivity contribution in [3.8, 4) is 12.3 Å². The van der Waals surface area contributed by atoms with Crippen LogP contribution in [0.15, 0.2) is 24.3 Å². The summed E-state index contributed by atoms with van der Waals surface area (Å²) in [5, 5.41) is 12.2. The third-order valence-corrected chi connectivity index (χ3v) is 4.18. The van der Waals surface area contributed by atoms with Gasteiger partial charge in [-0.1, -0.05) is 30.2 Å². The zero-order valence-electron chi connectivity index (χ0n) is 11.4. The molecular formula is C16H16ClNO3. The molecule has 2 N–H and O–H groups in total. The van der Waals surface area contributed by atoms with Gasteiger partial charge in [-0.25, -0.2) is 4.79 Å². The Hall–Kier alpha value is -1.99. The van der Waals surface area contributed by atoms with Crippen molar-refractivity contribution < 1.29 is 14.7 Å². The summed E-state index contributed by atoms with van der Waals surface area (Å²) in [7, 11) is 0. The number of carboxylic acids is 1. The number of amides is 1. The van der Waals surface area contributed by atoms with Gasteiger partial charge in [-0.05, 0) is 30.5 Å². The standard InChI is InChI=1S/C16H16ClNO3/c1-2-5-13(14(19)20)18-15(21)16(8-4-9-16)11-6-3-7-12(17)10-11/h1,3,6-7,10,13H,4-5,8-9H2,(H,18,21)(H,19,20). The molecule has 0 radical (unpaired) electrons. The lowest BCUT2D eigenvalue weighted by Crippen LogP contribution is -2.53. The lowest BCUT2D eigenvalue weighted by atomic mass is 9.63. The van der Waals surface area contributed by atoms with Crippen molar-refractivity contribution in [1.29, 1.82) is 0 Å². The Morgan fingerprint density at radius 2 is 2.19 bits per heavy atom. The lowest BCUT2D eigenvalue weighted by molar-refractivity contribution is -0.143. The molecule has 5 heteroatoms. The summed E-state index contributed by atoms with van der Waals surface area (Å²) in [4.78, 5) is 23.7. The number of aliphatic carboxylic acids is 1. The number of carboxylic acid groups (broad SMARTS) is 1. The predicted molar refractivity (Wildman–Crippen MR) is 80.0 cm³/mol. The smallest absolute Gasteiger partial charge is 0.327 e. The van der Waals surface area contributed by atoms with Crippen molar-refractivity contribution >= 4 is 23.5 Å². The van der Waals surface area contributed by atoms with Crippen molar-refractivity contribution in [3.05, 3.63) is 34.9 Å². The van der Waals surface area contributed by atoms with Gasteiger partial charge in [0.25, 0.3) is 0 Å². The Labute approximate surface area is 128 Å². The molecule has 1 amide bonds. The van der Waals surface area contributed by atoms with Crippen molar-refractivity contribution in [2.75, 3.05) is 0 Å². The van der Waals surface area contributed by atoms with E-state index in [0.29, 0.717) is 17.9 Å². The predicted octanol–water partition coefficient (Wildman–Crippen LogP) is 2.35. The summed E-state index contributed by atoms with van der Waals surface area (Å²) >= 11 is 5.99. The van der Waals surface area contributed by atoms with E-state index >= 15 is 0 Å². The first-order valence-corrected chi connectivity index (χ1v) is 7.11. The summed E-state index contributed by atoms with van der Waals surface area (Å²) < 4.78 is 0. The highest BCUT2D eigenvalue weighted by molar-refractivity contribution is 6.30. The monoisotopic (exact) mass is 305 g/mol. The first kappa shape index (κ1) is 15.4. The molecule has 2 rings (SSSR count). The molecule has 110 valence electrons. The fraction of sp³-hybridized carbons (Fsp3) is 0.375. The molecule has 1 aliphatic carbocycles. The first-order chi connectivity index (χ1) is 9.99. The highest BCUT2D eigenvalue weighted by Gasteiger charge is 2.46. The van der Waals surface area contributed by atoms with Crippen molar-refractivity contribution in [2.24, 2.45) is 0 Å². The molecule has 1 unspecified atom stereocenters. The van der Waals surface area contributed by atoms with E-state index < -0.39 is 17.4 Å². The Morgan fingerprint density at radius 1 is 1.48 bits per heavy atom. The van der Waals surface area contributed by atoms with Gasteiger partial charge in [0.2, 0.25) is 5.91 Å². The second-order valence-electron chi connectivity index (χ2n) is 5.22. The fourth-order valence-electron chi connectivity index (χ4n) is 2.58. The maximum Gasteiger partial charge on any atom is 0.327 e. The van der Waals surface area contributed by atoms with Gasteiger partial charge in [0.05, 0.1) is 5.41 Å². The average molecular weight is 306 g/mol. The Morgan fingerprint density at radius 3 is 2.67 bits per heavy atom. The number of nitrogens with one attached hydrogen (secondary N) is 1. The van der Waals surface area contributed by atoms with Gasteiger partial charge in [0.15, 0.2) is 0 Å². The maximum absolute atomic E-state index is 12.6. The normalized spacial score (nSPS) is 17.1. The van der Waals surface area contributed by atoms with Crippen LogP contribution in [0.4, 0.5) is 0 Å². The first-order valence-electron chi connectivity index (χ1n) is 6.73. The third kappa shape index (κ3) is 3.03. The number of rotatable bonds is 5. The molecule has 1 aromatic rings.